The highest BCUT2D eigenvalue weighted by Crippen LogP contribution is 2.38. The van der Waals surface area contributed by atoms with E-state index in [1.54, 1.807) is 0 Å². The van der Waals surface area contributed by atoms with Crippen LogP contribution in [0, 0.1) is 17.5 Å². The van der Waals surface area contributed by atoms with Crippen molar-refractivity contribution in [2.24, 2.45) is 0 Å². The van der Waals surface area contributed by atoms with E-state index in [4.69, 9.17) is 0 Å². The number of hydrogen-bond donors (Lipinski definition) is 0. The second-order valence-electron chi connectivity index (χ2n) is 8.00. The van der Waals surface area contributed by atoms with Gasteiger partial charge in [-0.3, -0.25) is 0 Å². The summed E-state index contributed by atoms with van der Waals surface area (Å²) in [5.74, 6) is -8.49. The van der Waals surface area contributed by atoms with Gasteiger partial charge in [-0.15, -0.1) is 0 Å². The van der Waals surface area contributed by atoms with Crippen molar-refractivity contribution in [1.82, 2.24) is 0 Å². The summed E-state index contributed by atoms with van der Waals surface area (Å²) in [5, 5.41) is 0. The molecule has 0 unspecified atom stereocenters. The van der Waals surface area contributed by atoms with Crippen molar-refractivity contribution in [3.05, 3.63) is 101 Å². The zero-order chi connectivity index (χ0) is 29.0. The lowest BCUT2D eigenvalue weighted by atomic mass is 10.1. The fourth-order valence-electron chi connectivity index (χ4n) is 3.25. The monoisotopic (exact) mass is 568 g/mol. The molecule has 0 bridgehead atoms. The summed E-state index contributed by atoms with van der Waals surface area (Å²) in [6, 6.07) is 6.69. The standard InChI is InChI=1S/C26H18F10O3/c1-2-3-15-4-6-16(7-5-15)25(33,34)38-17-8-9-19(20(27)12-17)26(35,36)39-18-13-21(28)23(22(29)14-18)37-11-10-24(30,31)32/h4-14H,2-3H2,1H3/b11-10+. The van der Waals surface area contributed by atoms with E-state index < -0.39 is 70.3 Å². The molecule has 3 rings (SSSR count). The fraction of sp³-hybridized carbons (Fsp3) is 0.231. The maximum absolute atomic E-state index is 14.6. The largest absolute Gasteiger partial charge is 0.459 e. The van der Waals surface area contributed by atoms with Gasteiger partial charge in [0.1, 0.15) is 22.9 Å². The van der Waals surface area contributed by atoms with E-state index in [0.29, 0.717) is 18.6 Å². The molecule has 210 valence electrons. The summed E-state index contributed by atoms with van der Waals surface area (Å²) < 4.78 is 150. The molecule has 0 saturated heterocycles. The molecule has 0 fully saturated rings. The van der Waals surface area contributed by atoms with Crippen LogP contribution < -0.4 is 14.2 Å². The summed E-state index contributed by atoms with van der Waals surface area (Å²) in [7, 11) is 0. The molecule has 0 aliphatic heterocycles. The number of rotatable bonds is 10. The van der Waals surface area contributed by atoms with Crippen LogP contribution in [0.5, 0.6) is 17.2 Å². The minimum Gasteiger partial charge on any atom is -0.459 e. The predicted octanol–water partition coefficient (Wildman–Crippen LogP) is 8.77. The van der Waals surface area contributed by atoms with Crippen molar-refractivity contribution in [3.63, 3.8) is 0 Å². The van der Waals surface area contributed by atoms with Gasteiger partial charge < -0.3 is 14.2 Å². The SMILES string of the molecule is CCCc1ccc(C(F)(F)Oc2ccc(C(F)(F)Oc3cc(F)c(O/C=C/C(F)(F)F)c(F)c3)c(F)c2)cc1. The summed E-state index contributed by atoms with van der Waals surface area (Å²) in [5.41, 5.74) is -1.25. The average Bonchev–Trinajstić information content (AvgIpc) is 2.80. The Morgan fingerprint density at radius 3 is 1.79 bits per heavy atom. The Hall–Kier alpha value is -3.90. The molecule has 0 atom stereocenters. The van der Waals surface area contributed by atoms with Gasteiger partial charge in [0.05, 0.1) is 17.9 Å². The first-order valence-corrected chi connectivity index (χ1v) is 11.0. The zero-order valence-electron chi connectivity index (χ0n) is 19.8. The van der Waals surface area contributed by atoms with Gasteiger partial charge >= 0.3 is 18.4 Å². The van der Waals surface area contributed by atoms with Crippen LogP contribution in [0.3, 0.4) is 0 Å². The lowest BCUT2D eigenvalue weighted by Gasteiger charge is -2.21. The van der Waals surface area contributed by atoms with E-state index in [2.05, 4.69) is 14.2 Å². The summed E-state index contributed by atoms with van der Waals surface area (Å²) in [4.78, 5) is 0. The molecule has 0 N–H and O–H groups in total. The summed E-state index contributed by atoms with van der Waals surface area (Å²) in [6.07, 6.45) is -12.5. The first-order chi connectivity index (χ1) is 18.1. The van der Waals surface area contributed by atoms with Crippen LogP contribution in [0.4, 0.5) is 43.9 Å². The van der Waals surface area contributed by atoms with Gasteiger partial charge in [-0.1, -0.05) is 25.5 Å². The fourth-order valence-corrected chi connectivity index (χ4v) is 3.25. The van der Waals surface area contributed by atoms with Gasteiger partial charge in [-0.05, 0) is 36.2 Å². The van der Waals surface area contributed by atoms with Gasteiger partial charge in [0, 0.05) is 18.2 Å². The third kappa shape index (κ3) is 7.80. The quantitative estimate of drug-likeness (QED) is 0.181. The number of halogens is 10. The Labute approximate surface area is 215 Å². The van der Waals surface area contributed by atoms with Crippen molar-refractivity contribution in [1.29, 1.82) is 0 Å². The van der Waals surface area contributed by atoms with Crippen LogP contribution in [0.15, 0.2) is 66.9 Å². The highest BCUT2D eigenvalue weighted by atomic mass is 19.4. The highest BCUT2D eigenvalue weighted by Gasteiger charge is 2.40. The normalized spacial score (nSPS) is 12.6. The van der Waals surface area contributed by atoms with Crippen LogP contribution in [-0.2, 0) is 18.6 Å². The molecule has 0 heterocycles. The van der Waals surface area contributed by atoms with Gasteiger partial charge in [0.25, 0.3) is 0 Å². The van der Waals surface area contributed by atoms with Crippen LogP contribution >= 0.6 is 0 Å². The van der Waals surface area contributed by atoms with Crippen molar-refractivity contribution >= 4 is 0 Å². The third-order valence-corrected chi connectivity index (χ3v) is 4.99. The Balaban J connectivity index is 1.76. The maximum atomic E-state index is 14.6. The molecule has 0 aromatic heterocycles. The van der Waals surface area contributed by atoms with Crippen molar-refractivity contribution in [3.8, 4) is 17.2 Å². The van der Waals surface area contributed by atoms with E-state index in [1.165, 1.54) is 12.1 Å². The molecule has 0 amide bonds. The zero-order valence-corrected chi connectivity index (χ0v) is 19.8. The minimum absolute atomic E-state index is 0.0688. The maximum Gasteiger partial charge on any atom is 0.429 e. The lowest BCUT2D eigenvalue weighted by Crippen LogP contribution is -2.24. The molecule has 13 heteroatoms. The van der Waals surface area contributed by atoms with Crippen molar-refractivity contribution in [2.45, 2.75) is 38.2 Å². The molecule has 0 aliphatic rings. The van der Waals surface area contributed by atoms with E-state index in [0.717, 1.165) is 24.1 Å². The van der Waals surface area contributed by atoms with Gasteiger partial charge in [-0.2, -0.15) is 30.7 Å². The average molecular weight is 568 g/mol. The second-order valence-corrected chi connectivity index (χ2v) is 8.00. The lowest BCUT2D eigenvalue weighted by molar-refractivity contribution is -0.188. The van der Waals surface area contributed by atoms with Crippen molar-refractivity contribution in [2.75, 3.05) is 0 Å². The second kappa shape index (κ2) is 11.5. The van der Waals surface area contributed by atoms with E-state index in [-0.39, 0.29) is 24.5 Å². The summed E-state index contributed by atoms with van der Waals surface area (Å²) in [6.45, 7) is 1.91. The third-order valence-electron chi connectivity index (χ3n) is 4.99. The number of ether oxygens (including phenoxy) is 3. The van der Waals surface area contributed by atoms with Gasteiger partial charge in [0.15, 0.2) is 17.4 Å². The predicted molar refractivity (Wildman–Crippen MR) is 118 cm³/mol. The van der Waals surface area contributed by atoms with E-state index in [1.807, 2.05) is 6.92 Å². The number of hydrogen-bond acceptors (Lipinski definition) is 3. The molecular formula is C26H18F10O3. The first-order valence-electron chi connectivity index (χ1n) is 11.0. The van der Waals surface area contributed by atoms with Gasteiger partial charge in [-0.25, -0.2) is 13.2 Å². The Morgan fingerprint density at radius 1 is 0.692 bits per heavy atom. The molecule has 0 saturated carbocycles. The Bertz CT molecular complexity index is 1300. The van der Waals surface area contributed by atoms with Gasteiger partial charge in [0.2, 0.25) is 0 Å². The topological polar surface area (TPSA) is 27.7 Å². The Kier molecular flexibility index (Phi) is 8.71. The highest BCUT2D eigenvalue weighted by molar-refractivity contribution is 5.37. The molecule has 39 heavy (non-hydrogen) atoms. The van der Waals surface area contributed by atoms with Crippen LogP contribution in [0.1, 0.15) is 30.0 Å². The Morgan fingerprint density at radius 2 is 1.26 bits per heavy atom. The molecule has 0 spiro atoms. The molecular weight excluding hydrogens is 550 g/mol. The number of benzene rings is 3. The van der Waals surface area contributed by atoms with Crippen LogP contribution in [-0.4, -0.2) is 6.18 Å². The summed E-state index contributed by atoms with van der Waals surface area (Å²) >= 11 is 0. The van der Waals surface area contributed by atoms with Crippen molar-refractivity contribution < 1.29 is 58.1 Å². The molecule has 3 aromatic carbocycles. The first kappa shape index (κ1) is 29.7. The van der Waals surface area contributed by atoms with E-state index >= 15 is 0 Å². The van der Waals surface area contributed by atoms with Crippen LogP contribution in [0.25, 0.3) is 0 Å². The minimum atomic E-state index is -4.85. The number of alkyl halides is 7. The molecule has 3 nitrogen and oxygen atoms in total. The molecule has 3 aromatic rings. The smallest absolute Gasteiger partial charge is 0.429 e. The molecule has 0 aliphatic carbocycles. The van der Waals surface area contributed by atoms with E-state index in [9.17, 15) is 43.9 Å². The number of aryl methyl sites for hydroxylation is 1. The number of allylic oxidation sites excluding steroid dienone is 1. The van der Waals surface area contributed by atoms with Crippen LogP contribution in [0.2, 0.25) is 0 Å². The molecule has 0 radical (unpaired) electrons.